The molecule has 0 amide bonds. The van der Waals surface area contributed by atoms with Crippen molar-refractivity contribution in [2.24, 2.45) is 0 Å². The number of ether oxygens (including phenoxy) is 2. The zero-order valence-corrected chi connectivity index (χ0v) is 19.9. The smallest absolute Gasteiger partial charge is 0.507 e. The Bertz CT molecular complexity index is 1750. The van der Waals surface area contributed by atoms with Crippen LogP contribution in [-0.2, 0) is 6.54 Å². The maximum absolute atomic E-state index is 11.8. The molecule has 0 radical (unpaired) electrons. The van der Waals surface area contributed by atoms with Crippen LogP contribution in [0.5, 0.6) is 17.4 Å². The lowest BCUT2D eigenvalue weighted by Gasteiger charge is -2.12. The Hall–Kier alpha value is -4.15. The van der Waals surface area contributed by atoms with Crippen molar-refractivity contribution < 1.29 is 24.5 Å². The number of phenols is 1. The third kappa shape index (κ3) is 3.54. The monoisotopic (exact) mass is 503 g/mol. The summed E-state index contributed by atoms with van der Waals surface area (Å²) >= 11 is 2.67. The number of benzene rings is 3. The van der Waals surface area contributed by atoms with Gasteiger partial charge in [-0.25, -0.2) is 4.79 Å². The van der Waals surface area contributed by atoms with E-state index in [1.807, 2.05) is 47.0 Å². The van der Waals surface area contributed by atoms with E-state index < -0.39 is 6.16 Å². The maximum Gasteiger partial charge on any atom is 0.512 e. The van der Waals surface area contributed by atoms with Gasteiger partial charge in [0, 0.05) is 21.7 Å². The van der Waals surface area contributed by atoms with E-state index in [1.54, 1.807) is 12.1 Å². The number of phenolic OH excluding ortho intramolecular Hbond substituents is 1. The fourth-order valence-corrected chi connectivity index (χ4v) is 6.11. The summed E-state index contributed by atoms with van der Waals surface area (Å²) in [6.07, 6.45) is -1.44. The minimum absolute atomic E-state index is 0.0361. The Morgan fingerprint density at radius 2 is 1.89 bits per heavy atom. The standard InChI is InChI=1S/C25H17N3O5S2/c1-32-14-7-8-15(19(29)11-14)21-23-22(16-4-2-3-5-20(16)34-23)28(24(21)33-25(30)31)12-13-6-9-17-18(10-13)27-35-26-17/h2-11,29H,12H2,1H3,(H,30,31). The Kier molecular flexibility index (Phi) is 5.05. The Labute approximate surface area is 206 Å². The van der Waals surface area contributed by atoms with Crippen molar-refractivity contribution in [2.45, 2.75) is 6.54 Å². The van der Waals surface area contributed by atoms with Gasteiger partial charge in [-0.1, -0.05) is 24.3 Å². The number of fused-ring (bicyclic) bond motifs is 4. The highest BCUT2D eigenvalue weighted by Crippen LogP contribution is 2.50. The number of carboxylic acid groups (broad SMARTS) is 1. The van der Waals surface area contributed by atoms with Crippen LogP contribution in [0.2, 0.25) is 0 Å². The topological polar surface area (TPSA) is 107 Å². The first kappa shape index (κ1) is 21.4. The van der Waals surface area contributed by atoms with E-state index in [1.165, 1.54) is 24.5 Å². The molecule has 0 saturated heterocycles. The molecule has 0 unspecified atom stereocenters. The first-order chi connectivity index (χ1) is 17.0. The van der Waals surface area contributed by atoms with Crippen LogP contribution in [0.1, 0.15) is 5.56 Å². The lowest BCUT2D eigenvalue weighted by molar-refractivity contribution is 0.141. The number of thiophene rings is 1. The van der Waals surface area contributed by atoms with Crippen LogP contribution >= 0.6 is 23.1 Å². The van der Waals surface area contributed by atoms with E-state index in [2.05, 4.69) is 8.75 Å². The maximum atomic E-state index is 11.8. The lowest BCUT2D eigenvalue weighted by Crippen LogP contribution is -2.10. The van der Waals surface area contributed by atoms with Crippen molar-refractivity contribution in [3.05, 3.63) is 66.2 Å². The van der Waals surface area contributed by atoms with Gasteiger partial charge in [-0.3, -0.25) is 0 Å². The molecule has 0 spiro atoms. The molecule has 2 N–H and O–H groups in total. The first-order valence-corrected chi connectivity index (χ1v) is 12.1. The number of methoxy groups -OCH3 is 1. The Morgan fingerprint density at radius 3 is 2.69 bits per heavy atom. The zero-order chi connectivity index (χ0) is 24.1. The van der Waals surface area contributed by atoms with Gasteiger partial charge >= 0.3 is 6.16 Å². The van der Waals surface area contributed by atoms with Gasteiger partial charge in [0.1, 0.15) is 22.5 Å². The highest BCUT2D eigenvalue weighted by Gasteiger charge is 2.27. The third-order valence-electron chi connectivity index (χ3n) is 5.84. The number of aromatic hydroxyl groups is 1. The summed E-state index contributed by atoms with van der Waals surface area (Å²) < 4.78 is 22.9. The molecule has 3 aromatic heterocycles. The number of hydrogen-bond donors (Lipinski definition) is 2. The van der Waals surface area contributed by atoms with Crippen LogP contribution in [0, 0.1) is 0 Å². The predicted molar refractivity (Wildman–Crippen MR) is 136 cm³/mol. The molecule has 6 aromatic rings. The molecule has 0 bridgehead atoms. The van der Waals surface area contributed by atoms with Gasteiger partial charge in [0.2, 0.25) is 5.88 Å². The van der Waals surface area contributed by atoms with E-state index in [-0.39, 0.29) is 11.6 Å². The molecule has 3 heterocycles. The van der Waals surface area contributed by atoms with Gasteiger partial charge in [-0.2, -0.15) is 8.75 Å². The fourth-order valence-electron chi connectivity index (χ4n) is 4.34. The molecule has 0 aliphatic rings. The molecule has 10 heteroatoms. The molecule has 0 fully saturated rings. The highest BCUT2D eigenvalue weighted by atomic mass is 32.1. The van der Waals surface area contributed by atoms with Crippen molar-refractivity contribution in [1.82, 2.24) is 13.3 Å². The number of hydrogen-bond acceptors (Lipinski definition) is 8. The molecule has 6 rings (SSSR count). The van der Waals surface area contributed by atoms with Crippen molar-refractivity contribution in [2.75, 3.05) is 7.11 Å². The van der Waals surface area contributed by atoms with E-state index in [0.717, 1.165) is 48.6 Å². The summed E-state index contributed by atoms with van der Waals surface area (Å²) in [4.78, 5) is 11.8. The predicted octanol–water partition coefficient (Wildman–Crippen LogP) is 6.35. The molecule has 0 aliphatic heterocycles. The second-order valence-corrected chi connectivity index (χ2v) is 9.46. The average molecular weight is 504 g/mol. The van der Waals surface area contributed by atoms with Gasteiger partial charge in [-0.15, -0.1) is 11.3 Å². The normalized spacial score (nSPS) is 11.5. The van der Waals surface area contributed by atoms with E-state index in [0.29, 0.717) is 23.4 Å². The number of aromatic nitrogens is 3. The van der Waals surface area contributed by atoms with Crippen molar-refractivity contribution >= 4 is 60.6 Å². The minimum atomic E-state index is -1.44. The Balaban J connectivity index is 1.66. The van der Waals surface area contributed by atoms with Crippen molar-refractivity contribution in [1.29, 1.82) is 0 Å². The van der Waals surface area contributed by atoms with Crippen molar-refractivity contribution in [3.63, 3.8) is 0 Å². The summed E-state index contributed by atoms with van der Waals surface area (Å²) in [5.74, 6) is 0.594. The summed E-state index contributed by atoms with van der Waals surface area (Å²) in [6.45, 7) is 0.338. The number of rotatable bonds is 5. The highest BCUT2D eigenvalue weighted by molar-refractivity contribution is 7.26. The molecule has 35 heavy (non-hydrogen) atoms. The molecule has 174 valence electrons. The molecule has 0 atom stereocenters. The summed E-state index contributed by atoms with van der Waals surface area (Å²) in [5, 5.41) is 21.5. The third-order valence-corrected chi connectivity index (χ3v) is 7.58. The molecule has 0 saturated carbocycles. The second kappa shape index (κ2) is 8.26. The van der Waals surface area contributed by atoms with Gasteiger partial charge in [-0.05, 0) is 35.9 Å². The quantitative estimate of drug-likeness (QED) is 0.264. The molecule has 8 nitrogen and oxygen atoms in total. The van der Waals surface area contributed by atoms with Crippen LogP contribution in [-0.4, -0.2) is 36.8 Å². The lowest BCUT2D eigenvalue weighted by atomic mass is 10.1. The SMILES string of the molecule is COc1ccc(-c2c(OC(=O)O)n(Cc3ccc4nsnc4c3)c3c2sc2ccccc23)c(O)c1. The fraction of sp³-hybridized carbons (Fsp3) is 0.0800. The molecular weight excluding hydrogens is 486 g/mol. The summed E-state index contributed by atoms with van der Waals surface area (Å²) in [7, 11) is 1.52. The Morgan fingerprint density at radius 1 is 1.06 bits per heavy atom. The summed E-state index contributed by atoms with van der Waals surface area (Å²) in [6, 6.07) is 18.6. The largest absolute Gasteiger partial charge is 0.512 e. The van der Waals surface area contributed by atoms with Crippen molar-refractivity contribution in [3.8, 4) is 28.5 Å². The second-order valence-electron chi connectivity index (χ2n) is 7.88. The summed E-state index contributed by atoms with van der Waals surface area (Å²) in [5.41, 5.74) is 4.31. The number of carbonyl (C=O) groups is 1. The first-order valence-electron chi connectivity index (χ1n) is 10.6. The van der Waals surface area contributed by atoms with Crippen LogP contribution in [0.25, 0.3) is 42.5 Å². The van der Waals surface area contributed by atoms with Gasteiger partial charge in [0.25, 0.3) is 0 Å². The van der Waals surface area contributed by atoms with Crippen LogP contribution in [0.15, 0.2) is 60.7 Å². The minimum Gasteiger partial charge on any atom is -0.507 e. The molecular formula is C25H17N3O5S2. The van der Waals surface area contributed by atoms with E-state index >= 15 is 0 Å². The zero-order valence-electron chi connectivity index (χ0n) is 18.3. The van der Waals surface area contributed by atoms with Crippen LogP contribution in [0.3, 0.4) is 0 Å². The van der Waals surface area contributed by atoms with Gasteiger partial charge < -0.3 is 24.3 Å². The molecule has 3 aromatic carbocycles. The van der Waals surface area contributed by atoms with Crippen LogP contribution in [0.4, 0.5) is 4.79 Å². The average Bonchev–Trinajstić information content (AvgIpc) is 3.53. The van der Waals surface area contributed by atoms with Crippen LogP contribution < -0.4 is 9.47 Å². The number of nitrogens with zero attached hydrogens (tertiary/aromatic N) is 3. The van der Waals surface area contributed by atoms with Gasteiger partial charge in [0.15, 0.2) is 0 Å². The molecule has 0 aliphatic carbocycles. The van der Waals surface area contributed by atoms with E-state index in [4.69, 9.17) is 9.47 Å². The van der Waals surface area contributed by atoms with Gasteiger partial charge in [0.05, 0.1) is 41.2 Å². The van der Waals surface area contributed by atoms with E-state index in [9.17, 15) is 15.0 Å².